The lowest BCUT2D eigenvalue weighted by molar-refractivity contribution is -0.254. The molecule has 0 aliphatic carbocycles. The van der Waals surface area contributed by atoms with E-state index < -0.39 is 0 Å². The first kappa shape index (κ1) is 8.71. The number of carbonyl (C=O) groups excluding carboxylic acids is 2. The first-order valence-electron chi connectivity index (χ1n) is 4.21. The van der Waals surface area contributed by atoms with E-state index in [9.17, 15) is 9.59 Å². The number of carbonyl (C=O) groups is 2. The van der Waals surface area contributed by atoms with Crippen LogP contribution in [0.25, 0.3) is 0 Å². The highest BCUT2D eigenvalue weighted by molar-refractivity contribution is 6.19. The zero-order valence-corrected chi connectivity index (χ0v) is 7.49. The molecule has 1 heterocycles. The molecule has 72 valence electrons. The van der Waals surface area contributed by atoms with Crippen molar-refractivity contribution in [3.05, 3.63) is 24.3 Å². The molecule has 3 amide bonds. The van der Waals surface area contributed by atoms with Gasteiger partial charge in [-0.1, -0.05) is 0 Å². The van der Waals surface area contributed by atoms with Gasteiger partial charge in [-0.25, -0.2) is 9.69 Å². The first-order valence-corrected chi connectivity index (χ1v) is 4.21. The third kappa shape index (κ3) is 1.33. The summed E-state index contributed by atoms with van der Waals surface area (Å²) in [5, 5.41) is 2.45. The summed E-state index contributed by atoms with van der Waals surface area (Å²) < 4.78 is 0. The zero-order chi connectivity index (χ0) is 10.1. The van der Waals surface area contributed by atoms with Gasteiger partial charge in [-0.2, -0.15) is 0 Å². The van der Waals surface area contributed by atoms with Crippen molar-refractivity contribution in [2.24, 2.45) is 0 Å². The van der Waals surface area contributed by atoms with Gasteiger partial charge in [0.25, 0.3) is 5.91 Å². The maximum Gasteiger partial charge on any atom is 0.329 e. The van der Waals surface area contributed by atoms with Crippen LogP contribution in [0.2, 0.25) is 0 Å². The minimum Gasteiger partial charge on any atom is -0.328 e. The Morgan fingerprint density at radius 1 is 1.21 bits per heavy atom. The third-order valence-corrected chi connectivity index (χ3v) is 2.04. The molecule has 0 bridgehead atoms. The van der Waals surface area contributed by atoms with Gasteiger partial charge in [0, 0.05) is 12.1 Å². The Labute approximate surface area is 80.5 Å². The molecule has 0 unspecified atom stereocenters. The van der Waals surface area contributed by atoms with Crippen LogP contribution >= 0.6 is 0 Å². The molecule has 0 spiro atoms. The number of quaternary nitrogens is 1. The molecular formula is C9H10N3O2+. The normalized spacial score (nSPS) is 15.9. The number of nitrogens with one attached hydrogen (secondary N) is 1. The number of urea groups is 1. The van der Waals surface area contributed by atoms with E-state index in [-0.39, 0.29) is 18.5 Å². The van der Waals surface area contributed by atoms with Crippen LogP contribution in [0, 0.1) is 0 Å². The quantitative estimate of drug-likeness (QED) is 0.595. The topological polar surface area (TPSA) is 77.1 Å². The predicted molar refractivity (Wildman–Crippen MR) is 49.9 cm³/mol. The number of hydrogen-bond donors (Lipinski definition) is 2. The van der Waals surface area contributed by atoms with Crippen molar-refractivity contribution in [3.8, 4) is 0 Å². The molecule has 1 saturated heterocycles. The Kier molecular flexibility index (Phi) is 1.94. The molecule has 0 saturated carbocycles. The number of hydrogen-bond acceptors (Lipinski definition) is 2. The highest BCUT2D eigenvalue weighted by atomic mass is 16.2. The fraction of sp³-hybridized carbons (Fsp3) is 0.111. The third-order valence-electron chi connectivity index (χ3n) is 2.04. The summed E-state index contributed by atoms with van der Waals surface area (Å²) in [6.45, 7) is 0.0744. The molecule has 0 aromatic heterocycles. The molecule has 4 N–H and O–H groups in total. The van der Waals surface area contributed by atoms with Crippen molar-refractivity contribution in [1.29, 1.82) is 0 Å². The Bertz CT molecular complexity index is 370. The minimum absolute atomic E-state index is 0.0744. The predicted octanol–water partition coefficient (Wildman–Crippen LogP) is -0.384. The summed E-state index contributed by atoms with van der Waals surface area (Å²) in [7, 11) is 0. The number of rotatable bonds is 1. The van der Waals surface area contributed by atoms with Gasteiger partial charge < -0.3 is 11.1 Å². The minimum atomic E-state index is -0.369. The zero-order valence-electron chi connectivity index (χ0n) is 7.49. The van der Waals surface area contributed by atoms with Gasteiger partial charge in [-0.3, -0.25) is 4.79 Å². The van der Waals surface area contributed by atoms with Gasteiger partial charge in [0.1, 0.15) is 5.69 Å². The van der Waals surface area contributed by atoms with Crippen LogP contribution in [0.15, 0.2) is 24.3 Å². The highest BCUT2D eigenvalue weighted by Crippen LogP contribution is 2.17. The summed E-state index contributed by atoms with van der Waals surface area (Å²) in [6.07, 6.45) is 0. The molecule has 5 nitrogen and oxygen atoms in total. The van der Waals surface area contributed by atoms with Crippen molar-refractivity contribution in [2.75, 3.05) is 11.4 Å². The van der Waals surface area contributed by atoms with Gasteiger partial charge in [0.2, 0.25) is 0 Å². The lowest BCUT2D eigenvalue weighted by Gasteiger charge is -2.11. The van der Waals surface area contributed by atoms with E-state index in [0.29, 0.717) is 5.69 Å². The maximum atomic E-state index is 11.3. The smallest absolute Gasteiger partial charge is 0.328 e. The number of amides is 3. The molecule has 1 fully saturated rings. The molecule has 2 rings (SSSR count). The molecule has 1 aliphatic heterocycles. The van der Waals surface area contributed by atoms with Crippen LogP contribution in [0.5, 0.6) is 0 Å². The SMILES string of the molecule is [NH3+]c1ccc(N2C(=O)CNC2=O)cc1. The van der Waals surface area contributed by atoms with Gasteiger partial charge in [0.15, 0.2) is 0 Å². The Hall–Kier alpha value is -1.88. The van der Waals surface area contributed by atoms with Crippen LogP contribution in [0.3, 0.4) is 0 Å². The van der Waals surface area contributed by atoms with Crippen molar-refractivity contribution >= 4 is 23.3 Å². The molecule has 5 heteroatoms. The fourth-order valence-corrected chi connectivity index (χ4v) is 1.33. The van der Waals surface area contributed by atoms with Crippen LogP contribution < -0.4 is 16.0 Å². The van der Waals surface area contributed by atoms with Crippen LogP contribution in [0.1, 0.15) is 0 Å². The van der Waals surface area contributed by atoms with Crippen LogP contribution in [-0.4, -0.2) is 18.5 Å². The van der Waals surface area contributed by atoms with E-state index in [2.05, 4.69) is 11.1 Å². The number of anilines is 1. The molecule has 14 heavy (non-hydrogen) atoms. The van der Waals surface area contributed by atoms with Crippen molar-refractivity contribution in [2.45, 2.75) is 0 Å². The van der Waals surface area contributed by atoms with Gasteiger partial charge in [-0.15, -0.1) is 0 Å². The van der Waals surface area contributed by atoms with E-state index in [1.165, 1.54) is 0 Å². The van der Waals surface area contributed by atoms with Crippen LogP contribution in [0.4, 0.5) is 16.2 Å². The van der Waals surface area contributed by atoms with Crippen molar-refractivity contribution < 1.29 is 15.3 Å². The van der Waals surface area contributed by atoms with Gasteiger partial charge in [0.05, 0.1) is 12.2 Å². The summed E-state index contributed by atoms with van der Waals surface area (Å²) in [6, 6.07) is 6.55. The summed E-state index contributed by atoms with van der Waals surface area (Å²) >= 11 is 0. The molecule has 0 radical (unpaired) electrons. The summed E-state index contributed by atoms with van der Waals surface area (Å²) in [5.41, 5.74) is 5.15. The van der Waals surface area contributed by atoms with E-state index in [1.807, 2.05) is 0 Å². The van der Waals surface area contributed by atoms with Gasteiger partial charge >= 0.3 is 6.03 Å². The molecule has 1 aromatic rings. The second-order valence-electron chi connectivity index (χ2n) is 3.05. The Morgan fingerprint density at radius 3 is 2.36 bits per heavy atom. The number of nitrogens with zero attached hydrogens (tertiary/aromatic N) is 1. The average molecular weight is 192 g/mol. The monoisotopic (exact) mass is 192 g/mol. The summed E-state index contributed by atoms with van der Waals surface area (Å²) in [4.78, 5) is 23.7. The summed E-state index contributed by atoms with van der Waals surface area (Å²) in [5.74, 6) is -0.230. The van der Waals surface area contributed by atoms with Crippen LogP contribution in [-0.2, 0) is 4.79 Å². The standard InChI is InChI=1S/C9H9N3O2/c10-6-1-3-7(4-2-6)12-8(13)5-11-9(12)14/h1-4H,5,10H2,(H,11,14)/p+1. The van der Waals surface area contributed by atoms with Crippen molar-refractivity contribution in [3.63, 3.8) is 0 Å². The lowest BCUT2D eigenvalue weighted by Crippen LogP contribution is -2.40. The maximum absolute atomic E-state index is 11.3. The fourth-order valence-electron chi connectivity index (χ4n) is 1.33. The largest absolute Gasteiger partial charge is 0.329 e. The number of imide groups is 1. The van der Waals surface area contributed by atoms with E-state index in [4.69, 9.17) is 0 Å². The Morgan fingerprint density at radius 2 is 1.86 bits per heavy atom. The van der Waals surface area contributed by atoms with Gasteiger partial charge in [-0.05, 0) is 12.1 Å². The van der Waals surface area contributed by atoms with E-state index in [0.717, 1.165) is 10.6 Å². The molecular weight excluding hydrogens is 182 g/mol. The average Bonchev–Trinajstić information content (AvgIpc) is 2.49. The molecule has 1 aliphatic rings. The van der Waals surface area contributed by atoms with E-state index >= 15 is 0 Å². The van der Waals surface area contributed by atoms with E-state index in [1.54, 1.807) is 24.3 Å². The lowest BCUT2D eigenvalue weighted by atomic mass is 10.2. The highest BCUT2D eigenvalue weighted by Gasteiger charge is 2.29. The molecule has 1 aromatic carbocycles. The van der Waals surface area contributed by atoms with Crippen molar-refractivity contribution in [1.82, 2.24) is 5.32 Å². The number of benzene rings is 1. The first-order chi connectivity index (χ1) is 6.68. The Balaban J connectivity index is 2.34. The molecule has 0 atom stereocenters. The second-order valence-corrected chi connectivity index (χ2v) is 3.05. The second kappa shape index (κ2) is 3.12.